The average Bonchev–Trinajstić information content (AvgIpc) is 3.32. The van der Waals surface area contributed by atoms with Crippen LogP contribution in [0.25, 0.3) is 33.3 Å². The van der Waals surface area contributed by atoms with E-state index >= 15 is 0 Å². The number of H-pyrrole nitrogens is 1. The number of aliphatic carboxylic acids is 1. The fraction of sp³-hybridized carbons (Fsp3) is 0.211. The highest BCUT2D eigenvalue weighted by atomic mass is 32.2. The molecule has 150 valence electrons. The van der Waals surface area contributed by atoms with Gasteiger partial charge in [0.05, 0.1) is 4.90 Å². The number of aromatic nitrogens is 3. The molecule has 0 amide bonds. The van der Waals surface area contributed by atoms with Crippen LogP contribution in [0.15, 0.2) is 52.0 Å². The summed E-state index contributed by atoms with van der Waals surface area (Å²) in [6, 6.07) is 8.73. The summed E-state index contributed by atoms with van der Waals surface area (Å²) in [6.45, 7) is 3.27. The van der Waals surface area contributed by atoms with Crippen LogP contribution in [0.4, 0.5) is 0 Å². The molecule has 0 saturated carbocycles. The molecule has 29 heavy (non-hydrogen) atoms. The molecule has 4 rings (SSSR count). The quantitative estimate of drug-likeness (QED) is 0.441. The summed E-state index contributed by atoms with van der Waals surface area (Å²) in [5.74, 6) is -1.03. The Labute approximate surface area is 165 Å². The lowest BCUT2D eigenvalue weighted by Crippen LogP contribution is -2.44. The summed E-state index contributed by atoms with van der Waals surface area (Å²) in [4.78, 5) is 15.4. The van der Waals surface area contributed by atoms with Gasteiger partial charge in [0, 0.05) is 22.4 Å². The van der Waals surface area contributed by atoms with E-state index in [0.29, 0.717) is 17.0 Å². The van der Waals surface area contributed by atoms with Crippen molar-refractivity contribution < 1.29 is 22.7 Å². The van der Waals surface area contributed by atoms with Crippen molar-refractivity contribution in [1.29, 1.82) is 0 Å². The van der Waals surface area contributed by atoms with Crippen molar-refractivity contribution in [3.63, 3.8) is 0 Å². The second-order valence-corrected chi connectivity index (χ2v) is 8.70. The van der Waals surface area contributed by atoms with Gasteiger partial charge in [-0.25, -0.2) is 13.4 Å². The van der Waals surface area contributed by atoms with E-state index in [1.54, 1.807) is 26.0 Å². The molecule has 0 aliphatic carbocycles. The molecule has 0 radical (unpaired) electrons. The normalized spacial score (nSPS) is 13.3. The Balaban J connectivity index is 1.76. The first kappa shape index (κ1) is 19.1. The van der Waals surface area contributed by atoms with E-state index in [1.807, 2.05) is 12.1 Å². The summed E-state index contributed by atoms with van der Waals surface area (Å²) in [5, 5.41) is 17.4. The second kappa shape index (κ2) is 6.98. The molecule has 1 atom stereocenters. The number of carboxylic acids is 1. The summed E-state index contributed by atoms with van der Waals surface area (Å²) >= 11 is 0. The van der Waals surface area contributed by atoms with Gasteiger partial charge in [-0.05, 0) is 36.2 Å². The molecular weight excluding hydrogens is 396 g/mol. The zero-order chi connectivity index (χ0) is 20.8. The van der Waals surface area contributed by atoms with Gasteiger partial charge in [0.1, 0.15) is 23.5 Å². The zero-order valence-corrected chi connectivity index (χ0v) is 16.4. The number of hydrogen-bond donors (Lipinski definition) is 3. The van der Waals surface area contributed by atoms with Crippen LogP contribution in [0, 0.1) is 5.92 Å². The predicted octanol–water partition coefficient (Wildman–Crippen LogP) is 2.76. The molecule has 4 aromatic rings. The average molecular weight is 414 g/mol. The zero-order valence-electron chi connectivity index (χ0n) is 15.6. The summed E-state index contributed by atoms with van der Waals surface area (Å²) in [7, 11) is -4.04. The van der Waals surface area contributed by atoms with Crippen molar-refractivity contribution in [2.45, 2.75) is 24.8 Å². The van der Waals surface area contributed by atoms with Gasteiger partial charge in [-0.1, -0.05) is 13.8 Å². The van der Waals surface area contributed by atoms with Gasteiger partial charge in [-0.15, -0.1) is 0 Å². The Morgan fingerprint density at radius 2 is 1.93 bits per heavy atom. The van der Waals surface area contributed by atoms with E-state index in [1.165, 1.54) is 18.5 Å². The van der Waals surface area contributed by atoms with Gasteiger partial charge in [0.15, 0.2) is 5.82 Å². The number of rotatable bonds is 6. The van der Waals surface area contributed by atoms with Crippen LogP contribution in [0.2, 0.25) is 0 Å². The van der Waals surface area contributed by atoms with E-state index in [4.69, 9.17) is 4.42 Å². The third kappa shape index (κ3) is 3.47. The highest BCUT2D eigenvalue weighted by Gasteiger charge is 2.28. The molecule has 3 N–H and O–H groups in total. The van der Waals surface area contributed by atoms with Crippen LogP contribution in [-0.2, 0) is 14.8 Å². The van der Waals surface area contributed by atoms with Gasteiger partial charge in [0.25, 0.3) is 0 Å². The number of carbonyl (C=O) groups is 1. The first-order valence-corrected chi connectivity index (χ1v) is 10.3. The van der Waals surface area contributed by atoms with E-state index in [-0.39, 0.29) is 4.90 Å². The molecule has 2 aromatic carbocycles. The van der Waals surface area contributed by atoms with Gasteiger partial charge in [0.2, 0.25) is 10.0 Å². The number of furan rings is 1. The Hall–Kier alpha value is -3.24. The van der Waals surface area contributed by atoms with E-state index in [0.717, 1.165) is 16.3 Å². The van der Waals surface area contributed by atoms with Gasteiger partial charge in [-0.2, -0.15) is 9.82 Å². The molecule has 0 bridgehead atoms. The number of benzene rings is 2. The van der Waals surface area contributed by atoms with Gasteiger partial charge in [-0.3, -0.25) is 9.89 Å². The van der Waals surface area contributed by atoms with E-state index in [2.05, 4.69) is 19.9 Å². The SMILES string of the molecule is CC(C)[C@H](NS(=O)(=O)c1ccc2c(c1)oc1ccc(-c3ncn[nH]3)cc12)C(=O)O. The Bertz CT molecular complexity index is 1310. The van der Waals surface area contributed by atoms with E-state index < -0.39 is 28.0 Å². The van der Waals surface area contributed by atoms with Crippen molar-refractivity contribution in [3.05, 3.63) is 42.7 Å². The smallest absolute Gasteiger partial charge is 0.322 e. The lowest BCUT2D eigenvalue weighted by atomic mass is 10.1. The van der Waals surface area contributed by atoms with Gasteiger partial charge >= 0.3 is 5.97 Å². The topological polar surface area (TPSA) is 138 Å². The lowest BCUT2D eigenvalue weighted by Gasteiger charge is -2.17. The van der Waals surface area contributed by atoms with Crippen molar-refractivity contribution in [3.8, 4) is 11.4 Å². The minimum Gasteiger partial charge on any atom is -0.480 e. The van der Waals surface area contributed by atoms with Gasteiger partial charge < -0.3 is 9.52 Å². The number of carboxylic acid groups (broad SMARTS) is 1. The third-order valence-corrected chi connectivity index (χ3v) is 6.10. The molecule has 2 aromatic heterocycles. The second-order valence-electron chi connectivity index (χ2n) is 6.99. The summed E-state index contributed by atoms with van der Waals surface area (Å²) in [5.41, 5.74) is 1.79. The van der Waals surface area contributed by atoms with Crippen LogP contribution < -0.4 is 4.72 Å². The van der Waals surface area contributed by atoms with Crippen LogP contribution in [0.5, 0.6) is 0 Å². The van der Waals surface area contributed by atoms with Crippen molar-refractivity contribution in [2.75, 3.05) is 0 Å². The Kier molecular flexibility index (Phi) is 4.59. The number of nitrogens with zero attached hydrogens (tertiary/aromatic N) is 2. The predicted molar refractivity (Wildman–Crippen MR) is 106 cm³/mol. The van der Waals surface area contributed by atoms with Crippen LogP contribution in [0.1, 0.15) is 13.8 Å². The number of nitrogens with one attached hydrogen (secondary N) is 2. The maximum absolute atomic E-state index is 12.7. The lowest BCUT2D eigenvalue weighted by molar-refractivity contribution is -0.140. The molecule has 0 saturated heterocycles. The number of sulfonamides is 1. The number of fused-ring (bicyclic) bond motifs is 3. The Morgan fingerprint density at radius 1 is 1.14 bits per heavy atom. The fourth-order valence-electron chi connectivity index (χ4n) is 3.12. The molecule has 0 unspecified atom stereocenters. The first-order valence-electron chi connectivity index (χ1n) is 8.83. The number of aromatic amines is 1. The molecular formula is C19H18N4O5S. The molecule has 0 fully saturated rings. The highest BCUT2D eigenvalue weighted by molar-refractivity contribution is 7.89. The molecule has 0 aliphatic rings. The standard InChI is InChI=1S/C19H18N4O5S/c1-10(2)17(19(24)25)23-29(26,27)12-4-5-13-14-7-11(18-20-9-21-22-18)3-6-15(14)28-16(13)8-12/h3-10,17,23H,1-2H3,(H,24,25)(H,20,21,22)/t17-/m0/s1. The largest absolute Gasteiger partial charge is 0.480 e. The Morgan fingerprint density at radius 3 is 2.59 bits per heavy atom. The summed E-state index contributed by atoms with van der Waals surface area (Å²) in [6.07, 6.45) is 1.42. The number of hydrogen-bond acceptors (Lipinski definition) is 6. The molecule has 2 heterocycles. The highest BCUT2D eigenvalue weighted by Crippen LogP contribution is 2.32. The molecule has 9 nitrogen and oxygen atoms in total. The summed E-state index contributed by atoms with van der Waals surface area (Å²) < 4.78 is 33.4. The molecule has 10 heteroatoms. The van der Waals surface area contributed by atoms with Crippen LogP contribution >= 0.6 is 0 Å². The molecule has 0 aliphatic heterocycles. The van der Waals surface area contributed by atoms with Crippen molar-refractivity contribution in [2.24, 2.45) is 5.92 Å². The molecule has 0 spiro atoms. The van der Waals surface area contributed by atoms with Crippen LogP contribution in [-0.4, -0.2) is 40.7 Å². The third-order valence-electron chi connectivity index (χ3n) is 4.66. The first-order chi connectivity index (χ1) is 13.8. The van der Waals surface area contributed by atoms with E-state index in [9.17, 15) is 18.3 Å². The minimum atomic E-state index is -4.04. The van der Waals surface area contributed by atoms with Crippen molar-refractivity contribution >= 4 is 37.9 Å². The monoisotopic (exact) mass is 414 g/mol. The minimum absolute atomic E-state index is 0.0635. The van der Waals surface area contributed by atoms with Crippen molar-refractivity contribution in [1.82, 2.24) is 19.9 Å². The maximum atomic E-state index is 12.7. The maximum Gasteiger partial charge on any atom is 0.322 e. The van der Waals surface area contributed by atoms with Crippen LogP contribution in [0.3, 0.4) is 0 Å². The fourth-order valence-corrected chi connectivity index (χ4v) is 4.48.